The zero-order chi connectivity index (χ0) is 12.7. The van der Waals surface area contributed by atoms with E-state index in [1.54, 1.807) is 12.1 Å². The molecule has 17 heavy (non-hydrogen) atoms. The van der Waals surface area contributed by atoms with E-state index in [0.29, 0.717) is 5.92 Å². The van der Waals surface area contributed by atoms with Crippen LogP contribution in [0.4, 0.5) is 4.39 Å². The van der Waals surface area contributed by atoms with Crippen LogP contribution in [0.2, 0.25) is 0 Å². The van der Waals surface area contributed by atoms with Gasteiger partial charge in [-0.1, -0.05) is 19.1 Å². The Morgan fingerprint density at radius 2 is 2.18 bits per heavy atom. The number of rotatable bonds is 7. The Morgan fingerprint density at radius 1 is 1.41 bits per heavy atom. The molecule has 1 atom stereocenters. The molecule has 0 heterocycles. The lowest BCUT2D eigenvalue weighted by molar-refractivity contribution is 0.177. The van der Waals surface area contributed by atoms with E-state index in [4.69, 9.17) is 5.11 Å². The standard InChI is InChI=1S/C14H22FNO/c1-3-12(11-17)10-16(2)8-7-13-5-4-6-14(15)9-13/h4-6,9,12,17H,3,7-8,10-11H2,1-2H3. The van der Waals surface area contributed by atoms with Gasteiger partial charge in [-0.25, -0.2) is 4.39 Å². The molecule has 0 amide bonds. The Morgan fingerprint density at radius 3 is 2.76 bits per heavy atom. The van der Waals surface area contributed by atoms with Crippen molar-refractivity contribution in [3.63, 3.8) is 0 Å². The highest BCUT2D eigenvalue weighted by atomic mass is 19.1. The van der Waals surface area contributed by atoms with E-state index in [1.165, 1.54) is 6.07 Å². The molecule has 0 radical (unpaired) electrons. The summed E-state index contributed by atoms with van der Waals surface area (Å²) < 4.78 is 13.0. The molecule has 0 aliphatic carbocycles. The Labute approximate surface area is 103 Å². The molecule has 0 spiro atoms. The quantitative estimate of drug-likeness (QED) is 0.789. The third-order valence-corrected chi connectivity index (χ3v) is 3.08. The molecule has 96 valence electrons. The van der Waals surface area contributed by atoms with Crippen LogP contribution in [0, 0.1) is 11.7 Å². The van der Waals surface area contributed by atoms with Gasteiger partial charge in [0.1, 0.15) is 5.82 Å². The van der Waals surface area contributed by atoms with Crippen LogP contribution < -0.4 is 0 Å². The van der Waals surface area contributed by atoms with Gasteiger partial charge in [-0.05, 0) is 43.5 Å². The van der Waals surface area contributed by atoms with Crippen LogP contribution >= 0.6 is 0 Å². The van der Waals surface area contributed by atoms with E-state index in [-0.39, 0.29) is 12.4 Å². The van der Waals surface area contributed by atoms with Crippen molar-refractivity contribution in [2.75, 3.05) is 26.7 Å². The average Bonchev–Trinajstić information content (AvgIpc) is 2.33. The second-order valence-electron chi connectivity index (χ2n) is 4.60. The summed E-state index contributed by atoms with van der Waals surface area (Å²) in [7, 11) is 2.04. The minimum Gasteiger partial charge on any atom is -0.396 e. The van der Waals surface area contributed by atoms with Crippen molar-refractivity contribution in [3.8, 4) is 0 Å². The van der Waals surface area contributed by atoms with Crippen molar-refractivity contribution >= 4 is 0 Å². The van der Waals surface area contributed by atoms with Crippen LogP contribution in [0.5, 0.6) is 0 Å². The van der Waals surface area contributed by atoms with Crippen LogP contribution in [-0.4, -0.2) is 36.8 Å². The van der Waals surface area contributed by atoms with Crippen LogP contribution in [0.25, 0.3) is 0 Å². The summed E-state index contributed by atoms with van der Waals surface area (Å²) in [5.74, 6) is 0.166. The first-order valence-electron chi connectivity index (χ1n) is 6.19. The molecule has 1 aromatic carbocycles. The highest BCUT2D eigenvalue weighted by Crippen LogP contribution is 2.07. The van der Waals surface area contributed by atoms with Crippen LogP contribution in [0.3, 0.4) is 0 Å². The Hall–Kier alpha value is -0.930. The van der Waals surface area contributed by atoms with Gasteiger partial charge in [0.15, 0.2) is 0 Å². The monoisotopic (exact) mass is 239 g/mol. The number of likely N-dealkylation sites (N-methyl/N-ethyl adjacent to an activating group) is 1. The third kappa shape index (κ3) is 5.29. The average molecular weight is 239 g/mol. The highest BCUT2D eigenvalue weighted by Gasteiger charge is 2.08. The Bertz CT molecular complexity index is 326. The van der Waals surface area contributed by atoms with Gasteiger partial charge in [-0.3, -0.25) is 0 Å². The molecular formula is C14H22FNO. The van der Waals surface area contributed by atoms with Crippen LogP contribution in [0.1, 0.15) is 18.9 Å². The minimum absolute atomic E-state index is 0.174. The number of benzene rings is 1. The molecule has 0 saturated carbocycles. The normalized spacial score (nSPS) is 13.0. The molecule has 0 aliphatic heterocycles. The van der Waals surface area contributed by atoms with E-state index in [0.717, 1.165) is 31.5 Å². The first kappa shape index (κ1) is 14.1. The maximum atomic E-state index is 13.0. The maximum Gasteiger partial charge on any atom is 0.123 e. The smallest absolute Gasteiger partial charge is 0.123 e. The highest BCUT2D eigenvalue weighted by molar-refractivity contribution is 5.16. The first-order chi connectivity index (χ1) is 8.15. The molecule has 1 unspecified atom stereocenters. The van der Waals surface area contributed by atoms with Gasteiger partial charge in [0, 0.05) is 19.7 Å². The van der Waals surface area contributed by atoms with Crippen molar-refractivity contribution in [3.05, 3.63) is 35.6 Å². The summed E-state index contributed by atoms with van der Waals surface area (Å²) >= 11 is 0. The van der Waals surface area contributed by atoms with Crippen molar-refractivity contribution in [1.82, 2.24) is 4.90 Å². The lowest BCUT2D eigenvalue weighted by atomic mass is 10.1. The zero-order valence-corrected chi connectivity index (χ0v) is 10.7. The predicted octanol–water partition coefficient (Wildman–Crippen LogP) is 2.32. The molecular weight excluding hydrogens is 217 g/mol. The van der Waals surface area contributed by atoms with Gasteiger partial charge in [-0.15, -0.1) is 0 Å². The molecule has 0 fully saturated rings. The number of nitrogens with zero attached hydrogens (tertiary/aromatic N) is 1. The number of hydrogen-bond donors (Lipinski definition) is 1. The zero-order valence-electron chi connectivity index (χ0n) is 10.7. The van der Waals surface area contributed by atoms with Gasteiger partial charge in [0.2, 0.25) is 0 Å². The third-order valence-electron chi connectivity index (χ3n) is 3.08. The predicted molar refractivity (Wildman–Crippen MR) is 68.5 cm³/mol. The van der Waals surface area contributed by atoms with E-state index < -0.39 is 0 Å². The summed E-state index contributed by atoms with van der Waals surface area (Å²) in [5.41, 5.74) is 1.02. The first-order valence-corrected chi connectivity index (χ1v) is 6.19. The molecule has 2 nitrogen and oxygen atoms in total. The van der Waals surface area contributed by atoms with Gasteiger partial charge in [-0.2, -0.15) is 0 Å². The van der Waals surface area contributed by atoms with E-state index in [1.807, 2.05) is 13.1 Å². The van der Waals surface area contributed by atoms with Gasteiger partial charge >= 0.3 is 0 Å². The summed E-state index contributed by atoms with van der Waals surface area (Å²) in [6.07, 6.45) is 1.83. The van der Waals surface area contributed by atoms with Crippen molar-refractivity contribution in [2.45, 2.75) is 19.8 Å². The van der Waals surface area contributed by atoms with E-state index in [2.05, 4.69) is 11.8 Å². The minimum atomic E-state index is -0.174. The molecule has 0 bridgehead atoms. The van der Waals surface area contributed by atoms with E-state index in [9.17, 15) is 4.39 Å². The summed E-state index contributed by atoms with van der Waals surface area (Å²) in [6.45, 7) is 4.10. The lowest BCUT2D eigenvalue weighted by Crippen LogP contribution is -2.29. The van der Waals surface area contributed by atoms with Crippen molar-refractivity contribution in [1.29, 1.82) is 0 Å². The topological polar surface area (TPSA) is 23.5 Å². The number of halogens is 1. The van der Waals surface area contributed by atoms with Crippen LogP contribution in [-0.2, 0) is 6.42 Å². The maximum absolute atomic E-state index is 13.0. The molecule has 0 saturated heterocycles. The second kappa shape index (κ2) is 7.41. The van der Waals surface area contributed by atoms with E-state index >= 15 is 0 Å². The Kier molecular flexibility index (Phi) is 6.16. The second-order valence-corrected chi connectivity index (χ2v) is 4.60. The fourth-order valence-corrected chi connectivity index (χ4v) is 1.86. The number of aliphatic hydroxyl groups is 1. The lowest BCUT2D eigenvalue weighted by Gasteiger charge is -2.21. The fourth-order valence-electron chi connectivity index (χ4n) is 1.86. The molecule has 1 rings (SSSR count). The SMILES string of the molecule is CCC(CO)CN(C)CCc1cccc(F)c1. The Balaban J connectivity index is 2.35. The molecule has 1 aromatic rings. The number of hydrogen-bond acceptors (Lipinski definition) is 2. The van der Waals surface area contributed by atoms with Crippen molar-refractivity contribution < 1.29 is 9.50 Å². The summed E-state index contributed by atoms with van der Waals surface area (Å²) in [4.78, 5) is 2.19. The largest absolute Gasteiger partial charge is 0.396 e. The van der Waals surface area contributed by atoms with Gasteiger partial charge < -0.3 is 10.0 Å². The molecule has 3 heteroatoms. The van der Waals surface area contributed by atoms with Crippen molar-refractivity contribution in [2.24, 2.45) is 5.92 Å². The summed E-state index contributed by atoms with van der Waals surface area (Å²) in [5, 5.41) is 9.12. The molecule has 0 aliphatic rings. The van der Waals surface area contributed by atoms with Gasteiger partial charge in [0.25, 0.3) is 0 Å². The fraction of sp³-hybridized carbons (Fsp3) is 0.571. The molecule has 1 N–H and O–H groups in total. The van der Waals surface area contributed by atoms with Gasteiger partial charge in [0.05, 0.1) is 0 Å². The molecule has 0 aromatic heterocycles. The summed E-state index contributed by atoms with van der Waals surface area (Å²) in [6, 6.07) is 6.73. The van der Waals surface area contributed by atoms with Crippen LogP contribution in [0.15, 0.2) is 24.3 Å². The number of aliphatic hydroxyl groups excluding tert-OH is 1.